The molecule has 1 N–H and O–H groups in total. The Balaban J connectivity index is 1.37. The number of aromatic nitrogens is 2. The number of nitrogens with one attached hydrogen (secondary N) is 1. The molecule has 0 spiro atoms. The molecule has 0 fully saturated rings. The molecule has 0 saturated heterocycles. The smallest absolute Gasteiger partial charge is 0.246 e. The van der Waals surface area contributed by atoms with Gasteiger partial charge in [0.15, 0.2) is 0 Å². The number of para-hydroxylation sites is 1. The molecule has 0 radical (unpaired) electrons. The van der Waals surface area contributed by atoms with Gasteiger partial charge in [-0.05, 0) is 36.1 Å². The van der Waals surface area contributed by atoms with Crippen molar-refractivity contribution in [3.05, 3.63) is 72.6 Å². The van der Waals surface area contributed by atoms with Gasteiger partial charge in [0.1, 0.15) is 17.0 Å². The van der Waals surface area contributed by atoms with Gasteiger partial charge in [-0.1, -0.05) is 48.5 Å². The summed E-state index contributed by atoms with van der Waals surface area (Å²) in [7, 11) is 0. The average Bonchev–Trinajstić information content (AvgIpc) is 3.23. The van der Waals surface area contributed by atoms with E-state index >= 15 is 0 Å². The monoisotopic (exact) mass is 400 g/mol. The Kier molecular flexibility index (Phi) is 4.69. The second-order valence-electron chi connectivity index (χ2n) is 7.05. The van der Waals surface area contributed by atoms with E-state index in [-0.39, 0.29) is 12.5 Å². The highest BCUT2D eigenvalue weighted by Crippen LogP contribution is 2.35. The Hall–Kier alpha value is -3.25. The van der Waals surface area contributed by atoms with Crippen LogP contribution in [0.25, 0.3) is 20.7 Å². The van der Waals surface area contributed by atoms with E-state index in [1.165, 1.54) is 5.56 Å². The molecule has 29 heavy (non-hydrogen) atoms. The maximum absolute atomic E-state index is 12.9. The fourth-order valence-electron chi connectivity index (χ4n) is 3.79. The van der Waals surface area contributed by atoms with Gasteiger partial charge in [0.2, 0.25) is 5.91 Å². The molecule has 0 saturated carbocycles. The third kappa shape index (κ3) is 3.47. The maximum atomic E-state index is 12.9. The van der Waals surface area contributed by atoms with Crippen LogP contribution < -0.4 is 10.2 Å². The van der Waals surface area contributed by atoms with Gasteiger partial charge in [-0.15, -0.1) is 11.3 Å². The zero-order valence-electron chi connectivity index (χ0n) is 15.8. The first-order chi connectivity index (χ1) is 14.3. The molecule has 144 valence electrons. The largest absolute Gasteiger partial charge is 0.360 e. The van der Waals surface area contributed by atoms with Crippen molar-refractivity contribution in [2.24, 2.45) is 0 Å². The van der Waals surface area contributed by atoms with E-state index < -0.39 is 0 Å². The van der Waals surface area contributed by atoms with E-state index in [1.807, 2.05) is 41.3 Å². The summed E-state index contributed by atoms with van der Waals surface area (Å²) >= 11 is 1.63. The molecular formula is C23H20N4OS. The molecule has 1 aliphatic rings. The Morgan fingerprint density at radius 2 is 1.90 bits per heavy atom. The minimum absolute atomic E-state index is 0.0578. The number of nitrogens with zero attached hydrogens (tertiary/aromatic N) is 3. The predicted molar refractivity (Wildman–Crippen MR) is 118 cm³/mol. The van der Waals surface area contributed by atoms with Gasteiger partial charge in [-0.2, -0.15) is 0 Å². The lowest BCUT2D eigenvalue weighted by Crippen LogP contribution is -2.39. The van der Waals surface area contributed by atoms with Crippen LogP contribution in [0.5, 0.6) is 0 Å². The molecule has 0 bridgehead atoms. The van der Waals surface area contributed by atoms with Crippen molar-refractivity contribution in [2.75, 3.05) is 23.3 Å². The van der Waals surface area contributed by atoms with E-state index in [2.05, 4.69) is 39.6 Å². The van der Waals surface area contributed by atoms with Crippen molar-refractivity contribution in [2.45, 2.75) is 12.8 Å². The predicted octanol–water partition coefficient (Wildman–Crippen LogP) is 4.75. The lowest BCUT2D eigenvalue weighted by molar-refractivity contribution is -0.117. The standard InChI is InChI=1S/C23H20N4OS/c28-21(27-12-6-10-16-7-4-5-11-19(16)27)14-24-22-18-13-20(17-8-2-1-3-9-17)29-23(18)26-15-25-22/h1-5,7-9,11,13,15H,6,10,12,14H2,(H,24,25,26). The van der Waals surface area contributed by atoms with Gasteiger partial charge >= 0.3 is 0 Å². The van der Waals surface area contributed by atoms with Crippen molar-refractivity contribution in [3.8, 4) is 10.4 Å². The van der Waals surface area contributed by atoms with Crippen molar-refractivity contribution in [1.29, 1.82) is 0 Å². The SMILES string of the molecule is O=C(CNc1ncnc2sc(-c3ccccc3)cc12)N1CCCc2ccccc21. The summed E-state index contributed by atoms with van der Waals surface area (Å²) in [6.45, 7) is 0.963. The molecule has 5 nitrogen and oxygen atoms in total. The van der Waals surface area contributed by atoms with E-state index in [1.54, 1.807) is 17.7 Å². The topological polar surface area (TPSA) is 58.1 Å². The van der Waals surface area contributed by atoms with E-state index in [4.69, 9.17) is 0 Å². The van der Waals surface area contributed by atoms with Crippen LogP contribution in [0.15, 0.2) is 67.0 Å². The Morgan fingerprint density at radius 1 is 1.07 bits per heavy atom. The van der Waals surface area contributed by atoms with Crippen LogP contribution in [0.3, 0.4) is 0 Å². The van der Waals surface area contributed by atoms with Crippen LogP contribution in [0.1, 0.15) is 12.0 Å². The molecule has 2 aromatic carbocycles. The number of hydrogen-bond acceptors (Lipinski definition) is 5. The van der Waals surface area contributed by atoms with E-state index in [0.29, 0.717) is 5.82 Å². The summed E-state index contributed by atoms with van der Waals surface area (Å²) in [5.41, 5.74) is 3.42. The first kappa shape index (κ1) is 17.8. The highest BCUT2D eigenvalue weighted by Gasteiger charge is 2.22. The molecule has 0 aliphatic carbocycles. The van der Waals surface area contributed by atoms with Crippen molar-refractivity contribution >= 4 is 39.0 Å². The fourth-order valence-corrected chi connectivity index (χ4v) is 4.79. The third-order valence-corrected chi connectivity index (χ3v) is 6.30. The second kappa shape index (κ2) is 7.64. The first-order valence-corrected chi connectivity index (χ1v) is 10.5. The van der Waals surface area contributed by atoms with Crippen LogP contribution >= 0.6 is 11.3 Å². The number of rotatable bonds is 4. The van der Waals surface area contributed by atoms with Gasteiger partial charge in [-0.3, -0.25) is 4.79 Å². The number of aryl methyl sites for hydroxylation is 1. The number of carbonyl (C=O) groups is 1. The maximum Gasteiger partial charge on any atom is 0.246 e. The van der Waals surface area contributed by atoms with Crippen LogP contribution in [-0.4, -0.2) is 29.0 Å². The van der Waals surface area contributed by atoms with Crippen LogP contribution in [0, 0.1) is 0 Å². The minimum Gasteiger partial charge on any atom is -0.360 e. The van der Waals surface area contributed by atoms with Crippen molar-refractivity contribution < 1.29 is 4.79 Å². The third-order valence-electron chi connectivity index (χ3n) is 5.21. The van der Waals surface area contributed by atoms with E-state index in [9.17, 15) is 4.79 Å². The fraction of sp³-hybridized carbons (Fsp3) is 0.174. The summed E-state index contributed by atoms with van der Waals surface area (Å²) in [5.74, 6) is 0.759. The lowest BCUT2D eigenvalue weighted by atomic mass is 10.0. The van der Waals surface area contributed by atoms with Crippen LogP contribution in [-0.2, 0) is 11.2 Å². The molecule has 3 heterocycles. The zero-order valence-corrected chi connectivity index (χ0v) is 16.7. The Morgan fingerprint density at radius 3 is 2.79 bits per heavy atom. The summed E-state index contributed by atoms with van der Waals surface area (Å²) < 4.78 is 0. The lowest BCUT2D eigenvalue weighted by Gasteiger charge is -2.29. The number of thiophene rings is 1. The summed E-state index contributed by atoms with van der Waals surface area (Å²) in [6, 6.07) is 20.5. The molecule has 2 aromatic heterocycles. The second-order valence-corrected chi connectivity index (χ2v) is 8.08. The molecular weight excluding hydrogens is 380 g/mol. The summed E-state index contributed by atoms with van der Waals surface area (Å²) in [5, 5.41) is 4.19. The first-order valence-electron chi connectivity index (χ1n) is 9.72. The molecule has 1 amide bonds. The summed E-state index contributed by atoms with van der Waals surface area (Å²) in [4.78, 5) is 25.7. The van der Waals surface area contributed by atoms with Crippen molar-refractivity contribution in [3.63, 3.8) is 0 Å². The molecule has 1 aliphatic heterocycles. The molecule has 4 aromatic rings. The quantitative estimate of drug-likeness (QED) is 0.537. The molecule has 0 unspecified atom stereocenters. The zero-order chi connectivity index (χ0) is 19.6. The number of benzene rings is 2. The highest BCUT2D eigenvalue weighted by atomic mass is 32.1. The molecule has 0 atom stereocenters. The number of amides is 1. The van der Waals surface area contributed by atoms with Crippen LogP contribution in [0.4, 0.5) is 11.5 Å². The van der Waals surface area contributed by atoms with Crippen molar-refractivity contribution in [1.82, 2.24) is 9.97 Å². The van der Waals surface area contributed by atoms with Gasteiger partial charge < -0.3 is 10.2 Å². The number of carbonyl (C=O) groups excluding carboxylic acids is 1. The normalized spacial score (nSPS) is 13.3. The molecule has 6 heteroatoms. The minimum atomic E-state index is 0.0578. The number of anilines is 2. The number of fused-ring (bicyclic) bond motifs is 2. The Bertz CT molecular complexity index is 1170. The number of hydrogen-bond donors (Lipinski definition) is 1. The van der Waals surface area contributed by atoms with Gasteiger partial charge in [0, 0.05) is 17.1 Å². The van der Waals surface area contributed by atoms with E-state index in [0.717, 1.165) is 45.7 Å². The van der Waals surface area contributed by atoms with Gasteiger partial charge in [-0.25, -0.2) is 9.97 Å². The Labute approximate surface area is 173 Å². The highest BCUT2D eigenvalue weighted by molar-refractivity contribution is 7.21. The van der Waals surface area contributed by atoms with Gasteiger partial charge in [0.05, 0.1) is 11.9 Å². The van der Waals surface area contributed by atoms with Crippen LogP contribution in [0.2, 0.25) is 0 Å². The average molecular weight is 401 g/mol. The van der Waals surface area contributed by atoms with Gasteiger partial charge in [0.25, 0.3) is 0 Å². The summed E-state index contributed by atoms with van der Waals surface area (Å²) in [6.07, 6.45) is 3.57. The molecule has 5 rings (SSSR count).